The number of hydrogen-bond acceptors (Lipinski definition) is 0. The zero-order valence-corrected chi connectivity index (χ0v) is 15.5. The molecule has 1 aliphatic rings. The van der Waals surface area contributed by atoms with E-state index < -0.39 is 0 Å². The first kappa shape index (κ1) is 16.5. The van der Waals surface area contributed by atoms with Gasteiger partial charge < -0.3 is 2.85 Å². The summed E-state index contributed by atoms with van der Waals surface area (Å²) in [5, 5.41) is 0. The summed E-state index contributed by atoms with van der Waals surface area (Å²) in [4.78, 5) is 0. The van der Waals surface area contributed by atoms with Crippen molar-refractivity contribution in [2.45, 2.75) is 52.9 Å². The molecule has 0 bridgehead atoms. The maximum atomic E-state index is 3.68. The van der Waals surface area contributed by atoms with Crippen molar-refractivity contribution in [3.05, 3.63) is 33.3 Å². The Morgan fingerprint density at radius 3 is 2.33 bits per heavy atom. The molecule has 0 radical (unpaired) electrons. The van der Waals surface area contributed by atoms with Crippen LogP contribution in [0.15, 0.2) is 16.6 Å². The fourth-order valence-electron chi connectivity index (χ4n) is 3.43. The van der Waals surface area contributed by atoms with E-state index in [1.807, 2.05) is 0 Å². The fourth-order valence-corrected chi connectivity index (χ4v) is 3.79. The minimum atomic E-state index is 0. The molecule has 1 aliphatic carbocycles. The summed E-state index contributed by atoms with van der Waals surface area (Å²) in [5.41, 5.74) is 4.78. The Balaban J connectivity index is 0. The summed E-state index contributed by atoms with van der Waals surface area (Å²) in [6, 6.07) is 4.75. The molecule has 0 amide bonds. The molecular formula is C16H25BrMg. The Kier molecular flexibility index (Phi) is 5.01. The molecule has 98 valence electrons. The van der Waals surface area contributed by atoms with Gasteiger partial charge in [0, 0.05) is 4.47 Å². The first-order valence-corrected chi connectivity index (χ1v) is 7.36. The van der Waals surface area contributed by atoms with Crippen LogP contribution in [0.3, 0.4) is 0 Å². The monoisotopic (exact) mass is 320 g/mol. The van der Waals surface area contributed by atoms with Gasteiger partial charge in [0.15, 0.2) is 0 Å². The van der Waals surface area contributed by atoms with E-state index >= 15 is 0 Å². The molecule has 1 aromatic carbocycles. The van der Waals surface area contributed by atoms with Crippen molar-refractivity contribution >= 4 is 39.0 Å². The maximum absolute atomic E-state index is 3.68. The second-order valence-corrected chi connectivity index (χ2v) is 7.32. The molecule has 2 heteroatoms. The van der Waals surface area contributed by atoms with Crippen molar-refractivity contribution in [1.29, 1.82) is 0 Å². The summed E-state index contributed by atoms with van der Waals surface area (Å²) in [6.45, 7) is 14.1. The van der Waals surface area contributed by atoms with E-state index in [1.165, 1.54) is 10.0 Å². The van der Waals surface area contributed by atoms with Crippen LogP contribution in [0.5, 0.6) is 0 Å². The third-order valence-electron chi connectivity index (χ3n) is 4.78. The van der Waals surface area contributed by atoms with Crippen LogP contribution in [0, 0.1) is 18.8 Å². The largest absolute Gasteiger partial charge is 2.00 e. The van der Waals surface area contributed by atoms with Gasteiger partial charge >= 0.3 is 23.1 Å². The third kappa shape index (κ3) is 2.41. The van der Waals surface area contributed by atoms with Crippen LogP contribution in [0.2, 0.25) is 0 Å². The minimum Gasteiger partial charge on any atom is -1.00 e. The van der Waals surface area contributed by atoms with Gasteiger partial charge in [0.25, 0.3) is 0 Å². The zero-order chi connectivity index (χ0) is 13.0. The van der Waals surface area contributed by atoms with Crippen molar-refractivity contribution in [3.8, 4) is 0 Å². The van der Waals surface area contributed by atoms with Crippen molar-refractivity contribution in [1.82, 2.24) is 0 Å². The zero-order valence-electron chi connectivity index (χ0n) is 14.5. The molecule has 2 atom stereocenters. The molecule has 2 unspecified atom stereocenters. The molecule has 18 heavy (non-hydrogen) atoms. The average molecular weight is 322 g/mol. The predicted octanol–water partition coefficient (Wildman–Crippen LogP) is 5.27. The van der Waals surface area contributed by atoms with Crippen molar-refractivity contribution in [3.63, 3.8) is 0 Å². The van der Waals surface area contributed by atoms with E-state index in [-0.39, 0.29) is 25.9 Å². The van der Waals surface area contributed by atoms with E-state index in [2.05, 4.69) is 69.6 Å². The molecule has 0 aliphatic heterocycles. The Morgan fingerprint density at radius 2 is 1.83 bits per heavy atom. The average Bonchev–Trinajstić information content (AvgIpc) is 2.38. The van der Waals surface area contributed by atoms with Crippen LogP contribution in [0.1, 0.15) is 60.1 Å². The summed E-state index contributed by atoms with van der Waals surface area (Å²) in [6.07, 6.45) is 0. The summed E-state index contributed by atoms with van der Waals surface area (Å²) >= 11 is 3.68. The summed E-state index contributed by atoms with van der Waals surface area (Å²) in [5.74, 6) is 2.11. The first-order valence-electron chi connectivity index (χ1n) is 6.57. The van der Waals surface area contributed by atoms with Gasteiger partial charge in [-0.1, -0.05) is 56.6 Å². The standard InChI is InChI=1S/C16H23Br.Mg.2H/c1-9(2)15-11(4)16(5,6)13-7-10(3)14(17)8-12(13)15;;;/h7-9,11,15H,1-6H3;;;/q;+2;2*-1. The van der Waals surface area contributed by atoms with Gasteiger partial charge in [-0.2, -0.15) is 0 Å². The van der Waals surface area contributed by atoms with E-state index in [9.17, 15) is 0 Å². The van der Waals surface area contributed by atoms with Gasteiger partial charge in [0.05, 0.1) is 0 Å². The van der Waals surface area contributed by atoms with Crippen LogP contribution in [0.25, 0.3) is 0 Å². The molecule has 0 nitrogen and oxygen atoms in total. The molecule has 0 saturated heterocycles. The van der Waals surface area contributed by atoms with Gasteiger partial charge in [0.2, 0.25) is 0 Å². The number of halogens is 1. The van der Waals surface area contributed by atoms with Crippen molar-refractivity contribution < 1.29 is 2.85 Å². The Bertz CT molecular complexity index is 458. The number of aryl methyl sites for hydroxylation is 1. The SMILES string of the molecule is Cc1cc2c(cc1Br)C(C(C)C)C(C)C2(C)C.[H-].[H-].[Mg+2]. The number of hydrogen-bond donors (Lipinski definition) is 0. The summed E-state index contributed by atoms with van der Waals surface area (Å²) < 4.78 is 1.26. The van der Waals surface area contributed by atoms with Crippen LogP contribution in [0.4, 0.5) is 0 Å². The predicted molar refractivity (Wildman–Crippen MR) is 86.6 cm³/mol. The van der Waals surface area contributed by atoms with Gasteiger partial charge in [-0.15, -0.1) is 0 Å². The Hall–Kier alpha value is 0.466. The third-order valence-corrected chi connectivity index (χ3v) is 5.63. The second kappa shape index (κ2) is 5.45. The molecule has 1 aromatic rings. The van der Waals surface area contributed by atoms with Gasteiger partial charge in [0.1, 0.15) is 0 Å². The second-order valence-electron chi connectivity index (χ2n) is 6.47. The van der Waals surface area contributed by atoms with Gasteiger partial charge in [-0.3, -0.25) is 0 Å². The van der Waals surface area contributed by atoms with Gasteiger partial charge in [-0.25, -0.2) is 0 Å². The molecule has 0 saturated carbocycles. The Labute approximate surface area is 139 Å². The number of fused-ring (bicyclic) bond motifs is 1. The molecule has 0 spiro atoms. The van der Waals surface area contributed by atoms with E-state index in [0.29, 0.717) is 23.2 Å². The maximum Gasteiger partial charge on any atom is 2.00 e. The molecule has 0 fully saturated rings. The van der Waals surface area contributed by atoms with Crippen LogP contribution in [-0.4, -0.2) is 23.1 Å². The van der Waals surface area contributed by atoms with E-state index in [4.69, 9.17) is 0 Å². The van der Waals surface area contributed by atoms with Crippen molar-refractivity contribution in [2.24, 2.45) is 11.8 Å². The van der Waals surface area contributed by atoms with E-state index in [0.717, 1.165) is 0 Å². The van der Waals surface area contributed by atoms with Crippen LogP contribution >= 0.6 is 15.9 Å². The smallest absolute Gasteiger partial charge is 1.00 e. The number of benzene rings is 1. The molecular weight excluding hydrogens is 296 g/mol. The van der Waals surface area contributed by atoms with Gasteiger partial charge in [-0.05, 0) is 52.8 Å². The first-order chi connectivity index (χ1) is 7.76. The molecule has 0 aromatic heterocycles. The molecule has 0 heterocycles. The summed E-state index contributed by atoms with van der Waals surface area (Å²) in [7, 11) is 0. The fraction of sp³-hybridized carbons (Fsp3) is 0.625. The quantitative estimate of drug-likeness (QED) is 0.618. The molecule has 0 N–H and O–H groups in total. The molecule has 2 rings (SSSR count). The van der Waals surface area contributed by atoms with Crippen molar-refractivity contribution in [2.75, 3.05) is 0 Å². The Morgan fingerprint density at radius 1 is 1.28 bits per heavy atom. The minimum absolute atomic E-state index is 0. The normalized spacial score (nSPS) is 24.9. The van der Waals surface area contributed by atoms with Crippen LogP contribution in [-0.2, 0) is 5.41 Å². The number of rotatable bonds is 1. The topological polar surface area (TPSA) is 0 Å². The van der Waals surface area contributed by atoms with E-state index in [1.54, 1.807) is 11.1 Å². The van der Waals surface area contributed by atoms with Crippen LogP contribution < -0.4 is 0 Å².